The molecule has 0 saturated carbocycles. The molecule has 3 rings (SSSR count). The molecule has 24 heavy (non-hydrogen) atoms. The van der Waals surface area contributed by atoms with Crippen LogP contribution in [0.5, 0.6) is 11.5 Å². The van der Waals surface area contributed by atoms with Crippen LogP contribution in [0.15, 0.2) is 71.5 Å². The topological polar surface area (TPSA) is 51.3 Å². The minimum Gasteiger partial charge on any atom is -0.497 e. The second-order valence-electron chi connectivity index (χ2n) is 5.13. The molecule has 0 fully saturated rings. The molecule has 0 aliphatic carbocycles. The first kappa shape index (κ1) is 16.3. The molecule has 0 aliphatic heterocycles. The van der Waals surface area contributed by atoms with E-state index < -0.39 is 7.92 Å². The average molecular weight is 339 g/mol. The second kappa shape index (κ2) is 7.33. The number of rotatable bonds is 5. The molecule has 0 spiro atoms. The van der Waals surface area contributed by atoms with Gasteiger partial charge in [0.2, 0.25) is 5.56 Å². The van der Waals surface area contributed by atoms with Gasteiger partial charge in [0.25, 0.3) is 0 Å². The number of methoxy groups -OCH3 is 2. The van der Waals surface area contributed by atoms with Gasteiger partial charge in [-0.1, -0.05) is 30.3 Å². The van der Waals surface area contributed by atoms with Gasteiger partial charge in [0, 0.05) is 14.0 Å². The lowest BCUT2D eigenvalue weighted by Gasteiger charge is -2.19. The standard InChI is InChI=1S/C19H18NO3P/c1-22-14-6-10-16(11-7-14)24(19-5-3-4-18(21)20-19)17-12-8-15(23-2)9-13-17/h3-13H,1-2H3,(H,20,21). The molecule has 1 heterocycles. The Labute approximate surface area is 141 Å². The molecule has 0 amide bonds. The molecule has 122 valence electrons. The number of pyridine rings is 1. The van der Waals surface area contributed by atoms with Crippen molar-refractivity contribution in [1.29, 1.82) is 0 Å². The first-order valence-electron chi connectivity index (χ1n) is 7.49. The number of H-pyrrole nitrogens is 1. The first-order chi connectivity index (χ1) is 11.7. The van der Waals surface area contributed by atoms with Crippen LogP contribution in [0.3, 0.4) is 0 Å². The molecule has 3 aromatic rings. The molecule has 0 atom stereocenters. The molecule has 0 bridgehead atoms. The van der Waals surface area contributed by atoms with Crippen LogP contribution in [0.4, 0.5) is 0 Å². The maximum atomic E-state index is 11.8. The highest BCUT2D eigenvalue weighted by molar-refractivity contribution is 7.79. The Kier molecular flexibility index (Phi) is 4.97. The van der Waals surface area contributed by atoms with Gasteiger partial charge in [0.1, 0.15) is 11.5 Å². The molecule has 0 radical (unpaired) electrons. The maximum absolute atomic E-state index is 11.8. The number of hydrogen-bond acceptors (Lipinski definition) is 3. The van der Waals surface area contributed by atoms with Crippen LogP contribution in [0.1, 0.15) is 0 Å². The fourth-order valence-electron chi connectivity index (χ4n) is 2.46. The Balaban J connectivity index is 2.10. The molecule has 5 heteroatoms. The molecule has 0 saturated heterocycles. The van der Waals surface area contributed by atoms with E-state index in [-0.39, 0.29) is 5.56 Å². The van der Waals surface area contributed by atoms with Crippen LogP contribution in [-0.4, -0.2) is 19.2 Å². The van der Waals surface area contributed by atoms with Gasteiger partial charge in [-0.05, 0) is 40.9 Å². The minimum absolute atomic E-state index is 0.0953. The van der Waals surface area contributed by atoms with Crippen molar-refractivity contribution in [2.45, 2.75) is 0 Å². The molecular weight excluding hydrogens is 321 g/mol. The van der Waals surface area contributed by atoms with Gasteiger partial charge < -0.3 is 14.5 Å². The third kappa shape index (κ3) is 3.50. The van der Waals surface area contributed by atoms with Gasteiger partial charge in [0.05, 0.1) is 19.7 Å². The Morgan fingerprint density at radius 1 is 0.750 bits per heavy atom. The zero-order valence-electron chi connectivity index (χ0n) is 13.5. The van der Waals surface area contributed by atoms with Crippen LogP contribution < -0.4 is 31.1 Å². The van der Waals surface area contributed by atoms with E-state index in [2.05, 4.69) is 4.98 Å². The van der Waals surface area contributed by atoms with E-state index in [9.17, 15) is 4.79 Å². The third-order valence-corrected chi connectivity index (χ3v) is 6.03. The van der Waals surface area contributed by atoms with Crippen LogP contribution in [0, 0.1) is 0 Å². The van der Waals surface area contributed by atoms with Gasteiger partial charge in [-0.15, -0.1) is 0 Å². The van der Waals surface area contributed by atoms with Gasteiger partial charge in [0.15, 0.2) is 0 Å². The van der Waals surface area contributed by atoms with Crippen LogP contribution >= 0.6 is 7.92 Å². The lowest BCUT2D eigenvalue weighted by atomic mass is 10.3. The molecule has 1 aromatic heterocycles. The van der Waals surface area contributed by atoms with E-state index >= 15 is 0 Å². The molecule has 1 N–H and O–H groups in total. The number of aromatic amines is 1. The number of hydrogen-bond donors (Lipinski definition) is 1. The van der Waals surface area contributed by atoms with Crippen molar-refractivity contribution in [2.24, 2.45) is 0 Å². The van der Waals surface area contributed by atoms with Crippen LogP contribution in [0.2, 0.25) is 0 Å². The second-order valence-corrected chi connectivity index (χ2v) is 7.32. The highest BCUT2D eigenvalue weighted by atomic mass is 31.1. The van der Waals surface area contributed by atoms with Crippen molar-refractivity contribution in [3.8, 4) is 11.5 Å². The lowest BCUT2D eigenvalue weighted by Crippen LogP contribution is -2.26. The van der Waals surface area contributed by atoms with Crippen LogP contribution in [0.25, 0.3) is 0 Å². The van der Waals surface area contributed by atoms with E-state index in [1.165, 1.54) is 6.07 Å². The first-order valence-corrected chi connectivity index (χ1v) is 8.83. The summed E-state index contributed by atoms with van der Waals surface area (Å²) in [6, 6.07) is 21.2. The summed E-state index contributed by atoms with van der Waals surface area (Å²) in [5, 5.41) is 2.27. The summed E-state index contributed by atoms with van der Waals surface area (Å²) in [4.78, 5) is 14.7. The van der Waals surface area contributed by atoms with E-state index in [1.54, 1.807) is 20.3 Å². The van der Waals surface area contributed by atoms with Gasteiger partial charge in [-0.3, -0.25) is 4.79 Å². The fourth-order valence-corrected chi connectivity index (χ4v) is 4.66. The monoisotopic (exact) mass is 339 g/mol. The number of nitrogens with one attached hydrogen (secondary N) is 1. The fraction of sp³-hybridized carbons (Fsp3) is 0.105. The summed E-state index contributed by atoms with van der Waals surface area (Å²) >= 11 is 0. The summed E-state index contributed by atoms with van der Waals surface area (Å²) in [5.74, 6) is 1.62. The largest absolute Gasteiger partial charge is 0.497 e. The van der Waals surface area contributed by atoms with Crippen molar-refractivity contribution >= 4 is 24.0 Å². The number of aromatic nitrogens is 1. The SMILES string of the molecule is COc1ccc(P(c2ccc(OC)cc2)c2cccc(=O)[nH]2)cc1. The Morgan fingerprint density at radius 2 is 1.25 bits per heavy atom. The molecular formula is C19H18NO3P. The summed E-state index contributed by atoms with van der Waals surface area (Å²) in [6.07, 6.45) is 0. The van der Waals surface area contributed by atoms with Gasteiger partial charge in [-0.25, -0.2) is 0 Å². The molecule has 0 aliphatic rings. The molecule has 4 nitrogen and oxygen atoms in total. The van der Waals surface area contributed by atoms with Crippen molar-refractivity contribution in [3.63, 3.8) is 0 Å². The predicted octanol–water partition coefficient (Wildman–Crippen LogP) is 2.15. The van der Waals surface area contributed by atoms with E-state index in [0.717, 1.165) is 27.5 Å². The molecule has 2 aromatic carbocycles. The Bertz CT molecular complexity index is 809. The predicted molar refractivity (Wildman–Crippen MR) is 98.9 cm³/mol. The maximum Gasteiger partial charge on any atom is 0.248 e. The quantitative estimate of drug-likeness (QED) is 0.725. The summed E-state index contributed by atoms with van der Waals surface area (Å²) in [5.41, 5.74) is 0.815. The number of ether oxygens (including phenoxy) is 2. The van der Waals surface area contributed by atoms with Crippen molar-refractivity contribution < 1.29 is 9.47 Å². The highest BCUT2D eigenvalue weighted by Gasteiger charge is 2.17. The van der Waals surface area contributed by atoms with E-state index in [4.69, 9.17) is 9.47 Å². The minimum atomic E-state index is -0.864. The highest BCUT2D eigenvalue weighted by Crippen LogP contribution is 2.32. The normalized spacial score (nSPS) is 10.6. The zero-order chi connectivity index (χ0) is 16.9. The Hall–Kier alpha value is -2.58. The van der Waals surface area contributed by atoms with E-state index in [1.807, 2.05) is 54.6 Å². The summed E-state index contributed by atoms with van der Waals surface area (Å²) < 4.78 is 10.5. The average Bonchev–Trinajstić information content (AvgIpc) is 2.63. The lowest BCUT2D eigenvalue weighted by molar-refractivity contribution is 0.415. The number of benzene rings is 2. The molecule has 0 unspecified atom stereocenters. The van der Waals surface area contributed by atoms with Gasteiger partial charge >= 0.3 is 0 Å². The third-order valence-electron chi connectivity index (χ3n) is 3.66. The Morgan fingerprint density at radius 3 is 1.67 bits per heavy atom. The van der Waals surface area contributed by atoms with Crippen LogP contribution in [-0.2, 0) is 0 Å². The van der Waals surface area contributed by atoms with Crippen molar-refractivity contribution in [3.05, 3.63) is 77.1 Å². The van der Waals surface area contributed by atoms with E-state index in [0.29, 0.717) is 0 Å². The summed E-state index contributed by atoms with van der Waals surface area (Å²) in [6.45, 7) is 0. The van der Waals surface area contributed by atoms with Crippen molar-refractivity contribution in [2.75, 3.05) is 14.2 Å². The summed E-state index contributed by atoms with van der Waals surface area (Å²) in [7, 11) is 2.43. The van der Waals surface area contributed by atoms with Crippen molar-refractivity contribution in [1.82, 2.24) is 4.98 Å². The smallest absolute Gasteiger partial charge is 0.248 e. The zero-order valence-corrected chi connectivity index (χ0v) is 14.4. The van der Waals surface area contributed by atoms with Gasteiger partial charge in [-0.2, -0.15) is 0 Å².